The first-order chi connectivity index (χ1) is 12.6. The molecular formula is C22H36O5. The maximum absolute atomic E-state index is 10.5. The number of aliphatic carboxylic acids is 2. The van der Waals surface area contributed by atoms with Crippen LogP contribution < -0.4 is 0 Å². The van der Waals surface area contributed by atoms with Gasteiger partial charge in [0.15, 0.2) is 0 Å². The van der Waals surface area contributed by atoms with Crippen molar-refractivity contribution in [3.8, 4) is 0 Å². The van der Waals surface area contributed by atoms with E-state index in [9.17, 15) is 9.90 Å². The largest absolute Gasteiger partial charge is 0.481 e. The van der Waals surface area contributed by atoms with Crippen molar-refractivity contribution < 1.29 is 24.9 Å². The standard InChI is InChI=1S/C20H32O3.C2H4O2/c1-16(2)8-5-9-17(3)10-6-12-19(15-21)13-7-11-18(4)14-20(22)23;1-2(3)4/h8,10,13-14,21H,5-7,9,11-12,15H2,1-4H3,(H,22,23);1H3,(H,3,4). The lowest BCUT2D eigenvalue weighted by Crippen LogP contribution is -1.92. The van der Waals surface area contributed by atoms with Crippen molar-refractivity contribution in [1.82, 2.24) is 0 Å². The van der Waals surface area contributed by atoms with Crippen LogP contribution in [0.25, 0.3) is 0 Å². The van der Waals surface area contributed by atoms with E-state index in [-0.39, 0.29) is 6.61 Å². The predicted molar refractivity (Wildman–Crippen MR) is 111 cm³/mol. The van der Waals surface area contributed by atoms with Crippen molar-refractivity contribution in [1.29, 1.82) is 0 Å². The van der Waals surface area contributed by atoms with E-state index in [1.165, 1.54) is 17.2 Å². The molecule has 0 bridgehead atoms. The van der Waals surface area contributed by atoms with Crippen molar-refractivity contribution in [3.63, 3.8) is 0 Å². The molecule has 5 nitrogen and oxygen atoms in total. The quantitative estimate of drug-likeness (QED) is 0.335. The fraction of sp³-hybridized carbons (Fsp3) is 0.545. The Bertz CT molecular complexity index is 557. The van der Waals surface area contributed by atoms with Gasteiger partial charge in [-0.25, -0.2) is 4.79 Å². The molecule has 0 aliphatic carbocycles. The van der Waals surface area contributed by atoms with Gasteiger partial charge in [-0.15, -0.1) is 0 Å². The van der Waals surface area contributed by atoms with Crippen molar-refractivity contribution in [2.24, 2.45) is 0 Å². The molecule has 154 valence electrons. The fourth-order valence-electron chi connectivity index (χ4n) is 2.23. The highest BCUT2D eigenvalue weighted by Gasteiger charge is 1.98. The number of allylic oxidation sites excluding steroid dienone is 6. The van der Waals surface area contributed by atoms with Crippen LogP contribution in [0, 0.1) is 0 Å². The Labute approximate surface area is 163 Å². The Hall–Kier alpha value is -2.14. The molecule has 5 heteroatoms. The molecular weight excluding hydrogens is 344 g/mol. The molecule has 27 heavy (non-hydrogen) atoms. The van der Waals surface area contributed by atoms with Gasteiger partial charge in [-0.1, -0.05) is 34.9 Å². The summed E-state index contributed by atoms with van der Waals surface area (Å²) in [6.07, 6.45) is 13.2. The molecule has 0 spiro atoms. The molecule has 0 fully saturated rings. The Morgan fingerprint density at radius 2 is 1.22 bits per heavy atom. The lowest BCUT2D eigenvalue weighted by molar-refractivity contribution is -0.134. The third-order valence-corrected chi connectivity index (χ3v) is 3.59. The summed E-state index contributed by atoms with van der Waals surface area (Å²) in [4.78, 5) is 19.5. The Kier molecular flexibility index (Phi) is 17.3. The predicted octanol–water partition coefficient (Wildman–Crippen LogP) is 5.28. The molecule has 0 rings (SSSR count). The van der Waals surface area contributed by atoms with E-state index in [1.54, 1.807) is 0 Å². The molecule has 0 aliphatic heterocycles. The molecule has 0 saturated heterocycles. The number of carboxylic acid groups (broad SMARTS) is 2. The van der Waals surface area contributed by atoms with E-state index in [2.05, 4.69) is 32.9 Å². The van der Waals surface area contributed by atoms with Gasteiger partial charge in [-0.2, -0.15) is 0 Å². The zero-order chi connectivity index (χ0) is 21.2. The van der Waals surface area contributed by atoms with E-state index < -0.39 is 11.9 Å². The van der Waals surface area contributed by atoms with E-state index in [1.807, 2.05) is 13.0 Å². The zero-order valence-corrected chi connectivity index (χ0v) is 17.4. The van der Waals surface area contributed by atoms with Crippen molar-refractivity contribution in [2.75, 3.05) is 6.61 Å². The van der Waals surface area contributed by atoms with Crippen LogP contribution in [0.2, 0.25) is 0 Å². The average molecular weight is 381 g/mol. The molecule has 0 radical (unpaired) electrons. The number of aliphatic hydroxyl groups is 1. The maximum atomic E-state index is 10.5. The smallest absolute Gasteiger partial charge is 0.328 e. The van der Waals surface area contributed by atoms with Crippen LogP contribution in [-0.2, 0) is 9.59 Å². The van der Waals surface area contributed by atoms with Crippen LogP contribution in [-0.4, -0.2) is 33.9 Å². The first kappa shape index (κ1) is 27.1. The summed E-state index contributed by atoms with van der Waals surface area (Å²) in [7, 11) is 0. The molecule has 0 unspecified atom stereocenters. The molecule has 0 aromatic rings. The number of hydrogen-bond acceptors (Lipinski definition) is 3. The van der Waals surface area contributed by atoms with Crippen molar-refractivity contribution in [3.05, 3.63) is 46.6 Å². The Morgan fingerprint density at radius 1 is 0.741 bits per heavy atom. The minimum absolute atomic E-state index is 0.0757. The highest BCUT2D eigenvalue weighted by molar-refractivity contribution is 5.80. The maximum Gasteiger partial charge on any atom is 0.328 e. The van der Waals surface area contributed by atoms with Gasteiger partial charge >= 0.3 is 5.97 Å². The van der Waals surface area contributed by atoms with Crippen LogP contribution in [0.15, 0.2) is 46.6 Å². The van der Waals surface area contributed by atoms with Crippen LogP contribution in [0.5, 0.6) is 0 Å². The van der Waals surface area contributed by atoms with E-state index >= 15 is 0 Å². The first-order valence-electron chi connectivity index (χ1n) is 9.25. The van der Waals surface area contributed by atoms with Gasteiger partial charge in [0.25, 0.3) is 5.97 Å². The van der Waals surface area contributed by atoms with Crippen LogP contribution in [0.1, 0.15) is 73.1 Å². The zero-order valence-electron chi connectivity index (χ0n) is 17.4. The number of carbonyl (C=O) groups is 2. The van der Waals surface area contributed by atoms with Crippen molar-refractivity contribution in [2.45, 2.75) is 73.1 Å². The molecule has 3 N–H and O–H groups in total. The second-order valence-electron chi connectivity index (χ2n) is 6.82. The van der Waals surface area contributed by atoms with Crippen LogP contribution >= 0.6 is 0 Å². The van der Waals surface area contributed by atoms with Crippen LogP contribution in [0.3, 0.4) is 0 Å². The third-order valence-electron chi connectivity index (χ3n) is 3.59. The minimum Gasteiger partial charge on any atom is -0.481 e. The van der Waals surface area contributed by atoms with Gasteiger partial charge in [0.05, 0.1) is 6.61 Å². The highest BCUT2D eigenvalue weighted by atomic mass is 16.4. The van der Waals surface area contributed by atoms with E-state index in [0.29, 0.717) is 6.42 Å². The summed E-state index contributed by atoms with van der Waals surface area (Å²) < 4.78 is 0. The summed E-state index contributed by atoms with van der Waals surface area (Å²) >= 11 is 0. The molecule has 0 saturated carbocycles. The highest BCUT2D eigenvalue weighted by Crippen LogP contribution is 2.13. The average Bonchev–Trinajstić information content (AvgIpc) is 2.51. The van der Waals surface area contributed by atoms with E-state index in [0.717, 1.165) is 50.2 Å². The van der Waals surface area contributed by atoms with Gasteiger partial charge in [-0.05, 0) is 71.8 Å². The lowest BCUT2D eigenvalue weighted by atomic mass is 10.0. The molecule has 0 amide bonds. The Balaban J connectivity index is 0. The summed E-state index contributed by atoms with van der Waals surface area (Å²) in [5.41, 5.74) is 4.62. The number of rotatable bonds is 11. The number of hydrogen-bond donors (Lipinski definition) is 3. The molecule has 0 aliphatic rings. The number of carboxylic acids is 2. The summed E-state index contributed by atoms with van der Waals surface area (Å²) in [5, 5.41) is 25.5. The van der Waals surface area contributed by atoms with Gasteiger partial charge in [0.1, 0.15) is 0 Å². The second-order valence-corrected chi connectivity index (χ2v) is 6.82. The summed E-state index contributed by atoms with van der Waals surface area (Å²) in [6, 6.07) is 0. The first-order valence-corrected chi connectivity index (χ1v) is 9.25. The second kappa shape index (κ2) is 17.3. The normalized spacial score (nSPS) is 12.1. The third kappa shape index (κ3) is 23.9. The molecule has 0 heterocycles. The van der Waals surface area contributed by atoms with Gasteiger partial charge in [0.2, 0.25) is 0 Å². The monoisotopic (exact) mass is 380 g/mol. The van der Waals surface area contributed by atoms with Gasteiger partial charge in [0, 0.05) is 13.0 Å². The summed E-state index contributed by atoms with van der Waals surface area (Å²) in [5.74, 6) is -1.73. The topological polar surface area (TPSA) is 94.8 Å². The van der Waals surface area contributed by atoms with E-state index in [4.69, 9.17) is 15.0 Å². The number of aliphatic hydroxyl groups excluding tert-OH is 1. The van der Waals surface area contributed by atoms with Crippen molar-refractivity contribution >= 4 is 11.9 Å². The molecule has 0 aromatic carbocycles. The molecule has 0 atom stereocenters. The Morgan fingerprint density at radius 3 is 1.70 bits per heavy atom. The lowest BCUT2D eigenvalue weighted by Gasteiger charge is -2.04. The minimum atomic E-state index is -0.900. The fourth-order valence-corrected chi connectivity index (χ4v) is 2.23. The SMILES string of the molecule is CC(=O)O.CC(C)=CCCC(C)=CCCC(=CCCC(C)=CC(=O)O)CO. The van der Waals surface area contributed by atoms with Gasteiger partial charge < -0.3 is 15.3 Å². The van der Waals surface area contributed by atoms with Crippen LogP contribution in [0.4, 0.5) is 0 Å². The molecule has 0 aromatic heterocycles. The van der Waals surface area contributed by atoms with Gasteiger partial charge in [-0.3, -0.25) is 4.79 Å². The summed E-state index contributed by atoms with van der Waals surface area (Å²) in [6.45, 7) is 9.36.